The Morgan fingerprint density at radius 3 is 2.81 bits per heavy atom. The van der Waals surface area contributed by atoms with Gasteiger partial charge in [0, 0.05) is 32.2 Å². The molecule has 0 radical (unpaired) electrons. The summed E-state index contributed by atoms with van der Waals surface area (Å²) in [4.78, 5) is 2.63. The zero-order valence-electron chi connectivity index (χ0n) is 14.4. The average molecular weight is 292 g/mol. The Bertz CT molecular complexity index is 440. The smallest absolute Gasteiger partial charge is 0.0625 e. The molecule has 2 rings (SSSR count). The number of rotatable bonds is 5. The Kier molecular flexibility index (Phi) is 5.82. The highest BCUT2D eigenvalue weighted by molar-refractivity contribution is 5.10. The maximum atomic E-state index is 4.59. The normalized spacial score (nSPS) is 25.8. The lowest BCUT2D eigenvalue weighted by atomic mass is 9.99. The van der Waals surface area contributed by atoms with Gasteiger partial charge in [-0.3, -0.25) is 9.58 Å². The minimum absolute atomic E-state index is 0.610. The third kappa shape index (κ3) is 4.07. The van der Waals surface area contributed by atoms with Gasteiger partial charge in [0.15, 0.2) is 0 Å². The first-order valence-electron chi connectivity index (χ1n) is 8.54. The van der Waals surface area contributed by atoms with Crippen LogP contribution in [-0.2, 0) is 20.0 Å². The number of nitrogens with one attached hydrogen (secondary N) is 1. The summed E-state index contributed by atoms with van der Waals surface area (Å²) >= 11 is 0. The van der Waals surface area contributed by atoms with Crippen molar-refractivity contribution in [1.82, 2.24) is 20.0 Å². The third-order valence-corrected chi connectivity index (χ3v) is 5.11. The standard InChI is InChI=1S/C17H32N4/c1-6-13(3)17-12-21(14(4)8-9-18-17)11-16-10-15(7-2)19-20(16)5/h10,13-14,17-18H,6-9,11-12H2,1-5H3. The highest BCUT2D eigenvalue weighted by Gasteiger charge is 2.26. The van der Waals surface area contributed by atoms with Crippen LogP contribution in [-0.4, -0.2) is 39.9 Å². The zero-order valence-corrected chi connectivity index (χ0v) is 14.4. The van der Waals surface area contributed by atoms with E-state index >= 15 is 0 Å². The van der Waals surface area contributed by atoms with E-state index in [0.717, 1.165) is 32.0 Å². The third-order valence-electron chi connectivity index (χ3n) is 5.11. The number of aryl methyl sites for hydroxylation is 2. The van der Waals surface area contributed by atoms with Gasteiger partial charge in [-0.25, -0.2) is 0 Å². The Hall–Kier alpha value is -0.870. The predicted molar refractivity (Wildman–Crippen MR) is 88.3 cm³/mol. The largest absolute Gasteiger partial charge is 0.312 e. The maximum absolute atomic E-state index is 4.59. The molecular weight excluding hydrogens is 260 g/mol. The van der Waals surface area contributed by atoms with Crippen molar-refractivity contribution >= 4 is 0 Å². The van der Waals surface area contributed by atoms with E-state index in [9.17, 15) is 0 Å². The highest BCUT2D eigenvalue weighted by atomic mass is 15.3. The van der Waals surface area contributed by atoms with Gasteiger partial charge in [0.1, 0.15) is 0 Å². The fourth-order valence-corrected chi connectivity index (χ4v) is 3.14. The van der Waals surface area contributed by atoms with Crippen LogP contribution in [0, 0.1) is 5.92 Å². The second-order valence-corrected chi connectivity index (χ2v) is 6.62. The van der Waals surface area contributed by atoms with Crippen LogP contribution in [0.5, 0.6) is 0 Å². The fourth-order valence-electron chi connectivity index (χ4n) is 3.14. The molecule has 1 N–H and O–H groups in total. The monoisotopic (exact) mass is 292 g/mol. The molecule has 1 aliphatic heterocycles. The first-order valence-corrected chi connectivity index (χ1v) is 8.54. The zero-order chi connectivity index (χ0) is 15.4. The molecule has 1 saturated heterocycles. The lowest BCUT2D eigenvalue weighted by molar-refractivity contribution is 0.176. The molecule has 4 nitrogen and oxygen atoms in total. The number of hydrogen-bond acceptors (Lipinski definition) is 3. The van der Waals surface area contributed by atoms with Gasteiger partial charge in [-0.05, 0) is 38.3 Å². The van der Waals surface area contributed by atoms with Crippen LogP contribution in [0.4, 0.5) is 0 Å². The van der Waals surface area contributed by atoms with Crippen molar-refractivity contribution in [2.24, 2.45) is 13.0 Å². The van der Waals surface area contributed by atoms with Crippen molar-refractivity contribution in [3.63, 3.8) is 0 Å². The first kappa shape index (κ1) is 16.5. The quantitative estimate of drug-likeness (QED) is 0.905. The van der Waals surface area contributed by atoms with Gasteiger partial charge in [0.25, 0.3) is 0 Å². The fraction of sp³-hybridized carbons (Fsp3) is 0.824. The Morgan fingerprint density at radius 2 is 2.19 bits per heavy atom. The molecule has 3 unspecified atom stereocenters. The summed E-state index contributed by atoms with van der Waals surface area (Å²) in [5.74, 6) is 0.732. The summed E-state index contributed by atoms with van der Waals surface area (Å²) in [5.41, 5.74) is 2.54. The molecule has 0 aromatic carbocycles. The Morgan fingerprint density at radius 1 is 1.43 bits per heavy atom. The molecule has 1 aromatic rings. The van der Waals surface area contributed by atoms with Crippen molar-refractivity contribution in [2.75, 3.05) is 13.1 Å². The first-order chi connectivity index (χ1) is 10.0. The molecule has 0 spiro atoms. The topological polar surface area (TPSA) is 33.1 Å². The molecule has 1 aromatic heterocycles. The van der Waals surface area contributed by atoms with E-state index in [2.05, 4.69) is 60.8 Å². The lowest BCUT2D eigenvalue weighted by Crippen LogP contribution is -2.43. The molecule has 1 fully saturated rings. The maximum Gasteiger partial charge on any atom is 0.0625 e. The summed E-state index contributed by atoms with van der Waals surface area (Å²) in [6.07, 6.45) is 3.48. The Labute approximate surface area is 129 Å². The number of aromatic nitrogens is 2. The molecule has 0 bridgehead atoms. The van der Waals surface area contributed by atoms with Gasteiger partial charge < -0.3 is 5.32 Å². The molecule has 0 saturated carbocycles. The van der Waals surface area contributed by atoms with Crippen molar-refractivity contribution in [3.05, 3.63) is 17.5 Å². The van der Waals surface area contributed by atoms with Crippen LogP contribution in [0.15, 0.2) is 6.07 Å². The molecule has 1 aliphatic rings. The van der Waals surface area contributed by atoms with E-state index in [0.29, 0.717) is 12.1 Å². The van der Waals surface area contributed by atoms with Crippen molar-refractivity contribution in [2.45, 2.75) is 65.6 Å². The van der Waals surface area contributed by atoms with Gasteiger partial charge in [-0.15, -0.1) is 0 Å². The summed E-state index contributed by atoms with van der Waals surface area (Å²) in [7, 11) is 2.07. The van der Waals surface area contributed by atoms with Gasteiger partial charge in [-0.2, -0.15) is 5.10 Å². The predicted octanol–water partition coefficient (Wildman–Crippen LogP) is 2.58. The molecule has 21 heavy (non-hydrogen) atoms. The van der Waals surface area contributed by atoms with E-state index in [1.807, 2.05) is 0 Å². The molecular formula is C17H32N4. The summed E-state index contributed by atoms with van der Waals surface area (Å²) < 4.78 is 2.06. The van der Waals surface area contributed by atoms with Crippen LogP contribution in [0.25, 0.3) is 0 Å². The van der Waals surface area contributed by atoms with Gasteiger partial charge in [-0.1, -0.05) is 27.2 Å². The van der Waals surface area contributed by atoms with Crippen LogP contribution in [0.3, 0.4) is 0 Å². The molecule has 0 aliphatic carbocycles. The summed E-state index contributed by atoms with van der Waals surface area (Å²) in [5, 5.41) is 8.33. The van der Waals surface area contributed by atoms with Gasteiger partial charge in [0.2, 0.25) is 0 Å². The number of hydrogen-bond donors (Lipinski definition) is 1. The van der Waals surface area contributed by atoms with E-state index in [1.165, 1.54) is 24.2 Å². The minimum Gasteiger partial charge on any atom is -0.312 e. The average Bonchev–Trinajstić information content (AvgIpc) is 2.73. The van der Waals surface area contributed by atoms with E-state index in [-0.39, 0.29) is 0 Å². The highest BCUT2D eigenvalue weighted by Crippen LogP contribution is 2.18. The second kappa shape index (κ2) is 7.41. The summed E-state index contributed by atoms with van der Waals surface area (Å²) in [6.45, 7) is 12.5. The number of nitrogens with zero attached hydrogens (tertiary/aromatic N) is 3. The molecule has 2 heterocycles. The molecule has 0 amide bonds. The van der Waals surface area contributed by atoms with Gasteiger partial charge in [0.05, 0.1) is 11.4 Å². The minimum atomic E-state index is 0.610. The van der Waals surface area contributed by atoms with E-state index < -0.39 is 0 Å². The SMILES string of the molecule is CCc1cc(CN2CC(C(C)CC)NCCC2C)n(C)n1. The van der Waals surface area contributed by atoms with Crippen LogP contribution >= 0.6 is 0 Å². The van der Waals surface area contributed by atoms with E-state index in [1.54, 1.807) is 0 Å². The van der Waals surface area contributed by atoms with Crippen LogP contribution in [0.1, 0.15) is 51.9 Å². The van der Waals surface area contributed by atoms with E-state index in [4.69, 9.17) is 0 Å². The Balaban J connectivity index is 2.09. The van der Waals surface area contributed by atoms with Crippen molar-refractivity contribution < 1.29 is 0 Å². The van der Waals surface area contributed by atoms with Gasteiger partial charge >= 0.3 is 0 Å². The molecule has 120 valence electrons. The lowest BCUT2D eigenvalue weighted by Gasteiger charge is -2.31. The van der Waals surface area contributed by atoms with Crippen LogP contribution in [0.2, 0.25) is 0 Å². The molecule has 3 atom stereocenters. The summed E-state index contributed by atoms with van der Waals surface area (Å²) in [6, 6.07) is 3.51. The van der Waals surface area contributed by atoms with Crippen LogP contribution < -0.4 is 5.32 Å². The van der Waals surface area contributed by atoms with Crippen molar-refractivity contribution in [1.29, 1.82) is 0 Å². The molecule has 4 heteroatoms. The van der Waals surface area contributed by atoms with Crippen molar-refractivity contribution in [3.8, 4) is 0 Å². The second-order valence-electron chi connectivity index (χ2n) is 6.62.